The summed E-state index contributed by atoms with van der Waals surface area (Å²) in [6.07, 6.45) is 5.53. The summed E-state index contributed by atoms with van der Waals surface area (Å²) in [5.74, 6) is 0.827. The molecule has 2 fully saturated rings. The van der Waals surface area contributed by atoms with Crippen LogP contribution in [0, 0.1) is 30.0 Å². The molecule has 2 aromatic rings. The van der Waals surface area contributed by atoms with Crippen molar-refractivity contribution in [2.45, 2.75) is 52.7 Å². The van der Waals surface area contributed by atoms with Crippen LogP contribution in [-0.2, 0) is 11.3 Å². The summed E-state index contributed by atoms with van der Waals surface area (Å²) in [5.41, 5.74) is 3.86. The van der Waals surface area contributed by atoms with Gasteiger partial charge in [0.15, 0.2) is 0 Å². The highest BCUT2D eigenvalue weighted by Gasteiger charge is 2.44. The van der Waals surface area contributed by atoms with E-state index in [1.54, 1.807) is 12.1 Å². The molecule has 2 saturated heterocycles. The van der Waals surface area contributed by atoms with Crippen LogP contribution >= 0.6 is 0 Å². The third-order valence-electron chi connectivity index (χ3n) is 7.09. The Hall–Kier alpha value is -1.78. The van der Waals surface area contributed by atoms with Crippen molar-refractivity contribution in [1.29, 1.82) is 0 Å². The number of likely N-dealkylation sites (tertiary alicyclic amines) is 1. The highest BCUT2D eigenvalue weighted by atomic mass is 19.1. The topological polar surface area (TPSA) is 25.4 Å². The first-order valence-electron chi connectivity index (χ1n) is 11.0. The van der Waals surface area contributed by atoms with E-state index in [1.807, 2.05) is 24.4 Å². The molecular formula is C25H33FN2O. The normalized spacial score (nSPS) is 24.9. The molecule has 29 heavy (non-hydrogen) atoms. The monoisotopic (exact) mass is 396 g/mol. The van der Waals surface area contributed by atoms with Crippen molar-refractivity contribution in [2.24, 2.45) is 17.3 Å². The van der Waals surface area contributed by atoms with Crippen LogP contribution in [0.2, 0.25) is 0 Å². The lowest BCUT2D eigenvalue weighted by atomic mass is 9.66. The lowest BCUT2D eigenvalue weighted by molar-refractivity contribution is -0.131. The van der Waals surface area contributed by atoms with Crippen molar-refractivity contribution in [3.05, 3.63) is 65.2 Å². The summed E-state index contributed by atoms with van der Waals surface area (Å²) >= 11 is 0. The number of aromatic nitrogens is 1. The Morgan fingerprint density at radius 3 is 2.55 bits per heavy atom. The molecule has 4 heteroatoms. The lowest BCUT2D eigenvalue weighted by Gasteiger charge is -2.50. The van der Waals surface area contributed by atoms with E-state index < -0.39 is 0 Å². The minimum Gasteiger partial charge on any atom is -0.373 e. The van der Waals surface area contributed by atoms with Gasteiger partial charge >= 0.3 is 0 Å². The highest BCUT2D eigenvalue weighted by Crippen LogP contribution is 2.49. The maximum Gasteiger partial charge on any atom is 0.123 e. The average Bonchev–Trinajstić information content (AvgIpc) is 2.72. The minimum absolute atomic E-state index is 0.0791. The van der Waals surface area contributed by atoms with Crippen molar-refractivity contribution in [1.82, 2.24) is 9.88 Å². The maximum absolute atomic E-state index is 13.4. The Bertz CT molecular complexity index is 812. The van der Waals surface area contributed by atoms with Crippen molar-refractivity contribution in [3.8, 4) is 0 Å². The fourth-order valence-electron chi connectivity index (χ4n) is 5.07. The van der Waals surface area contributed by atoms with E-state index in [1.165, 1.54) is 30.5 Å². The van der Waals surface area contributed by atoms with Gasteiger partial charge in [0.1, 0.15) is 5.82 Å². The van der Waals surface area contributed by atoms with Gasteiger partial charge in [-0.05, 0) is 85.9 Å². The van der Waals surface area contributed by atoms with E-state index in [0.29, 0.717) is 11.8 Å². The predicted octanol–water partition coefficient (Wildman–Crippen LogP) is 5.55. The van der Waals surface area contributed by atoms with Crippen molar-refractivity contribution < 1.29 is 9.13 Å². The summed E-state index contributed by atoms with van der Waals surface area (Å²) in [7, 11) is 0. The van der Waals surface area contributed by atoms with Crippen LogP contribution in [0.5, 0.6) is 0 Å². The van der Waals surface area contributed by atoms with E-state index in [9.17, 15) is 4.39 Å². The highest BCUT2D eigenvalue weighted by molar-refractivity contribution is 5.21. The Morgan fingerprint density at radius 2 is 1.90 bits per heavy atom. The first-order valence-corrected chi connectivity index (χ1v) is 11.0. The number of piperidine rings is 1. The molecule has 4 rings (SSSR count). The van der Waals surface area contributed by atoms with Gasteiger partial charge in [0.05, 0.1) is 18.4 Å². The van der Waals surface area contributed by atoms with Gasteiger partial charge in [-0.1, -0.05) is 32.0 Å². The molecule has 1 aromatic carbocycles. The standard InChI is InChI=1S/C25H33FN2O/c1-18(2)22-15-25(17-29-24(22)20-6-8-21(26)9-7-20)10-13-28(14-11-25)16-23-19(3)5-4-12-27-23/h4-9,12,18,22,24H,10-11,13-17H2,1-3H3/t22-,24-/m0/s1. The first-order chi connectivity index (χ1) is 14.0. The molecule has 2 aliphatic heterocycles. The lowest BCUT2D eigenvalue weighted by Crippen LogP contribution is -2.47. The molecule has 0 radical (unpaired) electrons. The maximum atomic E-state index is 13.4. The number of hydrogen-bond donors (Lipinski definition) is 0. The zero-order valence-corrected chi connectivity index (χ0v) is 17.9. The third kappa shape index (κ3) is 4.54. The summed E-state index contributed by atoms with van der Waals surface area (Å²) in [6.45, 7) is 10.7. The molecule has 2 atom stereocenters. The van der Waals surface area contributed by atoms with Crippen LogP contribution in [0.4, 0.5) is 4.39 Å². The van der Waals surface area contributed by atoms with Gasteiger partial charge in [0.2, 0.25) is 0 Å². The number of hydrogen-bond acceptors (Lipinski definition) is 3. The SMILES string of the molecule is Cc1cccnc1CN1CCC2(CC1)CO[C@@H](c1ccc(F)cc1)[C@H](C(C)C)C2. The molecule has 3 nitrogen and oxygen atoms in total. The fraction of sp³-hybridized carbons (Fsp3) is 0.560. The molecule has 1 spiro atoms. The Morgan fingerprint density at radius 1 is 1.17 bits per heavy atom. The van der Waals surface area contributed by atoms with E-state index in [0.717, 1.165) is 31.8 Å². The van der Waals surface area contributed by atoms with E-state index in [4.69, 9.17) is 4.74 Å². The molecule has 2 aliphatic rings. The largest absolute Gasteiger partial charge is 0.373 e. The number of aryl methyl sites for hydroxylation is 1. The minimum atomic E-state index is -0.183. The van der Waals surface area contributed by atoms with Crippen LogP contribution in [0.1, 0.15) is 56.0 Å². The number of benzene rings is 1. The van der Waals surface area contributed by atoms with Crippen molar-refractivity contribution in [2.75, 3.05) is 19.7 Å². The number of rotatable bonds is 4. The molecule has 3 heterocycles. The second kappa shape index (κ2) is 8.53. The predicted molar refractivity (Wildman–Crippen MR) is 114 cm³/mol. The van der Waals surface area contributed by atoms with Gasteiger partial charge in [-0.15, -0.1) is 0 Å². The Balaban J connectivity index is 1.41. The van der Waals surface area contributed by atoms with Crippen LogP contribution < -0.4 is 0 Å². The number of ether oxygens (including phenoxy) is 1. The van der Waals surface area contributed by atoms with Crippen LogP contribution in [-0.4, -0.2) is 29.6 Å². The quantitative estimate of drug-likeness (QED) is 0.678. The van der Waals surface area contributed by atoms with Gasteiger partial charge < -0.3 is 4.74 Å². The molecule has 1 aromatic heterocycles. The van der Waals surface area contributed by atoms with Gasteiger partial charge in [0.25, 0.3) is 0 Å². The molecule has 156 valence electrons. The first kappa shape index (κ1) is 20.5. The van der Waals surface area contributed by atoms with Crippen LogP contribution in [0.15, 0.2) is 42.6 Å². The number of halogens is 1. The molecule has 0 aliphatic carbocycles. The number of nitrogens with zero attached hydrogens (tertiary/aromatic N) is 2. The third-order valence-corrected chi connectivity index (χ3v) is 7.09. The van der Waals surface area contributed by atoms with Crippen molar-refractivity contribution >= 4 is 0 Å². The van der Waals surface area contributed by atoms with E-state index in [-0.39, 0.29) is 17.3 Å². The smallest absolute Gasteiger partial charge is 0.123 e. The summed E-state index contributed by atoms with van der Waals surface area (Å²) < 4.78 is 19.9. The van der Waals surface area contributed by atoms with Crippen molar-refractivity contribution in [3.63, 3.8) is 0 Å². The van der Waals surface area contributed by atoms with Crippen LogP contribution in [0.3, 0.4) is 0 Å². The van der Waals surface area contributed by atoms with Gasteiger partial charge in [-0.2, -0.15) is 0 Å². The zero-order chi connectivity index (χ0) is 20.4. The summed E-state index contributed by atoms with van der Waals surface area (Å²) in [5, 5.41) is 0. The summed E-state index contributed by atoms with van der Waals surface area (Å²) in [4.78, 5) is 7.11. The Kier molecular flexibility index (Phi) is 6.03. The average molecular weight is 397 g/mol. The van der Waals surface area contributed by atoms with E-state index in [2.05, 4.69) is 36.7 Å². The Labute approximate surface area is 174 Å². The van der Waals surface area contributed by atoms with Gasteiger partial charge in [-0.25, -0.2) is 4.39 Å². The summed E-state index contributed by atoms with van der Waals surface area (Å²) in [6, 6.07) is 11.0. The molecule has 0 bridgehead atoms. The molecular weight excluding hydrogens is 363 g/mol. The molecule has 0 unspecified atom stereocenters. The van der Waals surface area contributed by atoms with E-state index >= 15 is 0 Å². The molecule has 0 amide bonds. The molecule has 0 N–H and O–H groups in total. The zero-order valence-electron chi connectivity index (χ0n) is 17.9. The second-order valence-corrected chi connectivity index (χ2v) is 9.44. The van der Waals surface area contributed by atoms with Gasteiger partial charge in [0, 0.05) is 12.7 Å². The molecule has 0 saturated carbocycles. The second-order valence-electron chi connectivity index (χ2n) is 9.44. The van der Waals surface area contributed by atoms with Crippen LogP contribution in [0.25, 0.3) is 0 Å². The van der Waals surface area contributed by atoms with Gasteiger partial charge in [-0.3, -0.25) is 9.88 Å². The number of pyridine rings is 1. The fourth-order valence-corrected chi connectivity index (χ4v) is 5.07.